The molecule has 0 fully saturated rings. The van der Waals surface area contributed by atoms with Crippen LogP contribution in [0.25, 0.3) is 0 Å². The molecule has 0 aliphatic carbocycles. The number of nitrogens with two attached hydrogens (primary N) is 1. The Balaban J connectivity index is 1.82. The smallest absolute Gasteiger partial charge is 0.248 e. The highest BCUT2D eigenvalue weighted by molar-refractivity contribution is 7.89. The molecular weight excluding hydrogens is 442 g/mol. The minimum atomic E-state index is -3.99. The molecule has 1 atom stereocenters. The molecule has 172 valence electrons. The van der Waals surface area contributed by atoms with Crippen LogP contribution in [-0.4, -0.2) is 32.9 Å². The number of rotatable bonds is 10. The molecular formula is C24H25N3O5S. The fourth-order valence-electron chi connectivity index (χ4n) is 3.12. The number of primary amides is 1. The Labute approximate surface area is 192 Å². The van der Waals surface area contributed by atoms with Crippen LogP contribution in [0.2, 0.25) is 0 Å². The third-order valence-electron chi connectivity index (χ3n) is 4.78. The standard InChI is InChI=1S/C24H25N3O5S/c1-2-32-20-12-14-21(15-13-20)33(30,31)27-22(16-17-6-4-3-5-7-17)24(29)26-19-10-8-18(9-11-19)23(25)28/h3-15,22,27H,2,16H2,1H3,(H2,25,28)(H,26,29)/t22-/m0/s1. The third kappa shape index (κ3) is 6.64. The highest BCUT2D eigenvalue weighted by Gasteiger charge is 2.26. The summed E-state index contributed by atoms with van der Waals surface area (Å²) >= 11 is 0. The maximum Gasteiger partial charge on any atom is 0.248 e. The lowest BCUT2D eigenvalue weighted by molar-refractivity contribution is -0.117. The van der Waals surface area contributed by atoms with Gasteiger partial charge in [0.1, 0.15) is 11.8 Å². The van der Waals surface area contributed by atoms with Crippen molar-refractivity contribution in [3.63, 3.8) is 0 Å². The molecule has 2 amide bonds. The summed E-state index contributed by atoms with van der Waals surface area (Å²) in [5.74, 6) is -0.576. The van der Waals surface area contributed by atoms with Crippen LogP contribution in [0.3, 0.4) is 0 Å². The van der Waals surface area contributed by atoms with Gasteiger partial charge in [-0.25, -0.2) is 8.42 Å². The lowest BCUT2D eigenvalue weighted by Gasteiger charge is -2.19. The molecule has 0 saturated carbocycles. The predicted octanol–water partition coefficient (Wildman–Crippen LogP) is 2.71. The molecule has 0 aromatic heterocycles. The van der Waals surface area contributed by atoms with E-state index in [9.17, 15) is 18.0 Å². The predicted molar refractivity (Wildman–Crippen MR) is 125 cm³/mol. The zero-order valence-corrected chi connectivity index (χ0v) is 18.8. The van der Waals surface area contributed by atoms with Crippen molar-refractivity contribution in [2.45, 2.75) is 24.3 Å². The molecule has 0 aliphatic heterocycles. The largest absolute Gasteiger partial charge is 0.494 e. The first kappa shape index (κ1) is 24.0. The summed E-state index contributed by atoms with van der Waals surface area (Å²) in [6.45, 7) is 2.30. The molecule has 0 aliphatic rings. The van der Waals surface area contributed by atoms with Crippen molar-refractivity contribution in [1.29, 1.82) is 0 Å². The third-order valence-corrected chi connectivity index (χ3v) is 6.27. The molecule has 3 aromatic rings. The molecule has 8 nitrogen and oxygen atoms in total. The first-order valence-corrected chi connectivity index (χ1v) is 11.8. The summed E-state index contributed by atoms with van der Waals surface area (Å²) in [4.78, 5) is 24.3. The molecule has 4 N–H and O–H groups in total. The van der Waals surface area contributed by atoms with E-state index in [1.165, 1.54) is 36.4 Å². The van der Waals surface area contributed by atoms with E-state index in [2.05, 4.69) is 10.0 Å². The molecule has 0 bridgehead atoms. The van der Waals surface area contributed by atoms with Gasteiger partial charge >= 0.3 is 0 Å². The van der Waals surface area contributed by atoms with Crippen LogP contribution in [-0.2, 0) is 21.2 Å². The number of benzene rings is 3. The van der Waals surface area contributed by atoms with Gasteiger partial charge in [0.15, 0.2) is 0 Å². The minimum absolute atomic E-state index is 0.0163. The fraction of sp³-hybridized carbons (Fsp3) is 0.167. The number of nitrogens with one attached hydrogen (secondary N) is 2. The number of sulfonamides is 1. The van der Waals surface area contributed by atoms with Gasteiger partial charge in [-0.1, -0.05) is 30.3 Å². The summed E-state index contributed by atoms with van der Waals surface area (Å²) < 4.78 is 33.8. The van der Waals surface area contributed by atoms with Crippen LogP contribution in [0.4, 0.5) is 5.69 Å². The Morgan fingerprint density at radius 1 is 0.939 bits per heavy atom. The molecule has 0 unspecified atom stereocenters. The number of carbonyl (C=O) groups is 2. The van der Waals surface area contributed by atoms with Gasteiger partial charge < -0.3 is 15.8 Å². The number of hydrogen-bond acceptors (Lipinski definition) is 5. The van der Waals surface area contributed by atoms with Gasteiger partial charge in [-0.15, -0.1) is 0 Å². The van der Waals surface area contributed by atoms with E-state index in [1.54, 1.807) is 12.1 Å². The normalized spacial score (nSPS) is 12.0. The van der Waals surface area contributed by atoms with Gasteiger partial charge in [-0.2, -0.15) is 4.72 Å². The van der Waals surface area contributed by atoms with Gasteiger partial charge in [0, 0.05) is 11.3 Å². The SMILES string of the molecule is CCOc1ccc(S(=O)(=O)N[C@@H](Cc2ccccc2)C(=O)Nc2ccc(C(N)=O)cc2)cc1. The van der Waals surface area contributed by atoms with Crippen molar-refractivity contribution < 1.29 is 22.7 Å². The monoisotopic (exact) mass is 467 g/mol. The van der Waals surface area contributed by atoms with Crippen LogP contribution in [0.15, 0.2) is 83.8 Å². The van der Waals surface area contributed by atoms with Crippen LogP contribution in [0.5, 0.6) is 5.75 Å². The number of carbonyl (C=O) groups excluding carboxylic acids is 2. The van der Waals surface area contributed by atoms with E-state index in [-0.39, 0.29) is 11.3 Å². The zero-order valence-electron chi connectivity index (χ0n) is 18.0. The topological polar surface area (TPSA) is 128 Å². The van der Waals surface area contributed by atoms with Crippen LogP contribution >= 0.6 is 0 Å². The van der Waals surface area contributed by atoms with E-state index in [4.69, 9.17) is 10.5 Å². The molecule has 0 radical (unpaired) electrons. The summed E-state index contributed by atoms with van der Waals surface area (Å²) in [6.07, 6.45) is 0.141. The van der Waals surface area contributed by atoms with Gasteiger partial charge in [-0.3, -0.25) is 9.59 Å². The van der Waals surface area contributed by atoms with E-state index >= 15 is 0 Å². The Kier molecular flexibility index (Phi) is 7.81. The number of amides is 2. The fourth-order valence-corrected chi connectivity index (χ4v) is 4.32. The molecule has 0 saturated heterocycles. The Bertz CT molecular complexity index is 1200. The van der Waals surface area contributed by atoms with Gasteiger partial charge in [0.05, 0.1) is 11.5 Å². The van der Waals surface area contributed by atoms with Gasteiger partial charge in [-0.05, 0) is 67.4 Å². The second-order valence-corrected chi connectivity index (χ2v) is 8.91. The maximum absolute atomic E-state index is 13.0. The second kappa shape index (κ2) is 10.8. The molecule has 0 heterocycles. The molecule has 3 rings (SSSR count). The molecule has 3 aromatic carbocycles. The van der Waals surface area contributed by atoms with Gasteiger partial charge in [0.25, 0.3) is 0 Å². The van der Waals surface area contributed by atoms with Crippen LogP contribution in [0.1, 0.15) is 22.8 Å². The Morgan fingerprint density at radius 3 is 2.15 bits per heavy atom. The van der Waals surface area contributed by atoms with E-state index in [1.807, 2.05) is 37.3 Å². The van der Waals surface area contributed by atoms with E-state index in [0.29, 0.717) is 23.6 Å². The first-order chi connectivity index (χ1) is 15.8. The quantitative estimate of drug-likeness (QED) is 0.422. The van der Waals surface area contributed by atoms with Crippen LogP contribution in [0, 0.1) is 0 Å². The van der Waals surface area contributed by atoms with Crippen molar-refractivity contribution in [1.82, 2.24) is 4.72 Å². The summed E-state index contributed by atoms with van der Waals surface area (Å²) in [5, 5.41) is 2.69. The second-order valence-electron chi connectivity index (χ2n) is 7.20. The Hall–Kier alpha value is -3.69. The van der Waals surface area contributed by atoms with Crippen molar-refractivity contribution in [3.05, 3.63) is 90.0 Å². The average molecular weight is 468 g/mol. The lowest BCUT2D eigenvalue weighted by atomic mass is 10.1. The Morgan fingerprint density at radius 2 is 1.58 bits per heavy atom. The minimum Gasteiger partial charge on any atom is -0.494 e. The summed E-state index contributed by atoms with van der Waals surface area (Å²) in [5.41, 5.74) is 6.73. The van der Waals surface area contributed by atoms with Gasteiger partial charge in [0.2, 0.25) is 21.8 Å². The maximum atomic E-state index is 13.0. The van der Waals surface area contributed by atoms with Crippen molar-refractivity contribution in [3.8, 4) is 5.75 Å². The molecule has 33 heavy (non-hydrogen) atoms. The molecule has 9 heteroatoms. The number of ether oxygens (including phenoxy) is 1. The van der Waals surface area contributed by atoms with Crippen molar-refractivity contribution in [2.75, 3.05) is 11.9 Å². The van der Waals surface area contributed by atoms with Crippen molar-refractivity contribution >= 4 is 27.5 Å². The summed E-state index contributed by atoms with van der Waals surface area (Å²) in [7, 11) is -3.99. The lowest BCUT2D eigenvalue weighted by Crippen LogP contribution is -2.45. The van der Waals surface area contributed by atoms with Crippen molar-refractivity contribution in [2.24, 2.45) is 5.73 Å². The first-order valence-electron chi connectivity index (χ1n) is 10.3. The highest BCUT2D eigenvalue weighted by Crippen LogP contribution is 2.18. The summed E-state index contributed by atoms with van der Waals surface area (Å²) in [6, 6.07) is 20.0. The number of anilines is 1. The van der Waals surface area contributed by atoms with E-state index in [0.717, 1.165) is 5.56 Å². The number of hydrogen-bond donors (Lipinski definition) is 3. The zero-order chi connectivity index (χ0) is 23.8. The molecule has 0 spiro atoms. The average Bonchev–Trinajstić information content (AvgIpc) is 2.80. The van der Waals surface area contributed by atoms with E-state index < -0.39 is 27.9 Å². The van der Waals surface area contributed by atoms with Crippen LogP contribution < -0.4 is 20.5 Å². The highest BCUT2D eigenvalue weighted by atomic mass is 32.2.